The Labute approximate surface area is 127 Å². The summed E-state index contributed by atoms with van der Waals surface area (Å²) < 4.78 is 0. The first kappa shape index (κ1) is 16.2. The van der Waals surface area contributed by atoms with Gasteiger partial charge in [-0.1, -0.05) is 24.3 Å². The number of hydrogen-bond donors (Lipinski definition) is 3. The number of benzene rings is 1. The number of carbonyl (C=O) groups excluding carboxylic acids is 3. The molecule has 0 aromatic heterocycles. The van der Waals surface area contributed by atoms with Crippen LogP contribution in [-0.4, -0.2) is 40.6 Å². The Bertz CT molecular complexity index is 691. The lowest BCUT2D eigenvalue weighted by molar-refractivity contribution is -0.122. The van der Waals surface area contributed by atoms with Gasteiger partial charge in [0.05, 0.1) is 18.2 Å². The zero-order valence-electron chi connectivity index (χ0n) is 12.4. The smallest absolute Gasteiger partial charge is 0.192 e. The van der Waals surface area contributed by atoms with Crippen LogP contribution in [0.2, 0.25) is 0 Å². The number of aliphatic hydroxyl groups is 1. The zero-order valence-corrected chi connectivity index (χ0v) is 12.4. The van der Waals surface area contributed by atoms with E-state index in [2.05, 4.69) is 0 Å². The Kier molecular flexibility index (Phi) is 4.37. The average molecular weight is 302 g/mol. The van der Waals surface area contributed by atoms with Crippen LogP contribution in [0.15, 0.2) is 35.4 Å². The fourth-order valence-corrected chi connectivity index (χ4v) is 2.48. The molecule has 0 fully saturated rings. The Morgan fingerprint density at radius 2 is 1.59 bits per heavy atom. The molecule has 0 amide bonds. The molecule has 0 spiro atoms. The van der Waals surface area contributed by atoms with Gasteiger partial charge in [0.2, 0.25) is 0 Å². The highest BCUT2D eigenvalue weighted by atomic mass is 16.3. The van der Waals surface area contributed by atoms with Gasteiger partial charge in [0.15, 0.2) is 17.3 Å². The monoisotopic (exact) mass is 302 g/mol. The lowest BCUT2D eigenvalue weighted by Crippen LogP contribution is -2.51. The second-order valence-corrected chi connectivity index (χ2v) is 5.39. The molecular weight excluding hydrogens is 284 g/mol. The quantitative estimate of drug-likeness (QED) is 0.718. The maximum absolute atomic E-state index is 12.6. The first-order valence-corrected chi connectivity index (χ1v) is 6.89. The molecule has 0 heterocycles. The number of Topliss-reactive ketones (excluding diaryl/α,β-unsaturated/α-hetero) is 3. The molecule has 6 nitrogen and oxygen atoms in total. The van der Waals surface area contributed by atoms with Gasteiger partial charge in [-0.2, -0.15) is 0 Å². The number of aliphatic hydroxyl groups excluding tert-OH is 1. The zero-order chi connectivity index (χ0) is 16.6. The minimum absolute atomic E-state index is 0.0511. The Morgan fingerprint density at radius 3 is 2.09 bits per heavy atom. The normalized spacial score (nSPS) is 18.8. The van der Waals surface area contributed by atoms with Crippen molar-refractivity contribution in [1.29, 1.82) is 0 Å². The van der Waals surface area contributed by atoms with Crippen LogP contribution in [0.5, 0.6) is 0 Å². The third kappa shape index (κ3) is 2.52. The molecule has 22 heavy (non-hydrogen) atoms. The molecular formula is C16H18N2O4. The summed E-state index contributed by atoms with van der Waals surface area (Å²) in [4.78, 5) is 37.1. The number of hydrogen-bond acceptors (Lipinski definition) is 6. The molecule has 0 saturated heterocycles. The SMILES string of the molecule is CC1=C(C(N)C(=O)[C@@H](N)[C@@H](C)O)C(=O)c2ccccc2C1=O. The Hall–Kier alpha value is -2.15. The number of allylic oxidation sites excluding steroid dienone is 1. The third-order valence-corrected chi connectivity index (χ3v) is 3.87. The van der Waals surface area contributed by atoms with E-state index >= 15 is 0 Å². The lowest BCUT2D eigenvalue weighted by atomic mass is 9.80. The molecule has 1 aliphatic carbocycles. The molecule has 2 rings (SSSR count). The van der Waals surface area contributed by atoms with E-state index < -0.39 is 29.8 Å². The lowest BCUT2D eigenvalue weighted by Gasteiger charge is -2.25. The minimum atomic E-state index is -1.34. The van der Waals surface area contributed by atoms with Crippen molar-refractivity contribution in [1.82, 2.24) is 0 Å². The first-order chi connectivity index (χ1) is 10.3. The van der Waals surface area contributed by atoms with Gasteiger partial charge < -0.3 is 16.6 Å². The molecule has 0 radical (unpaired) electrons. The maximum Gasteiger partial charge on any atom is 0.192 e. The second-order valence-electron chi connectivity index (χ2n) is 5.39. The van der Waals surface area contributed by atoms with Gasteiger partial charge in [0, 0.05) is 22.3 Å². The molecule has 3 atom stereocenters. The van der Waals surface area contributed by atoms with Gasteiger partial charge in [-0.15, -0.1) is 0 Å². The fourth-order valence-electron chi connectivity index (χ4n) is 2.48. The number of rotatable bonds is 4. The van der Waals surface area contributed by atoms with Crippen LogP contribution in [0, 0.1) is 0 Å². The van der Waals surface area contributed by atoms with E-state index in [1.165, 1.54) is 19.9 Å². The van der Waals surface area contributed by atoms with Gasteiger partial charge in [0.25, 0.3) is 0 Å². The molecule has 5 N–H and O–H groups in total. The van der Waals surface area contributed by atoms with Crippen molar-refractivity contribution in [3.8, 4) is 0 Å². The third-order valence-electron chi connectivity index (χ3n) is 3.87. The number of carbonyl (C=O) groups is 3. The van der Waals surface area contributed by atoms with Crippen LogP contribution < -0.4 is 11.5 Å². The summed E-state index contributed by atoms with van der Waals surface area (Å²) in [6.45, 7) is 2.83. The van der Waals surface area contributed by atoms with Crippen molar-refractivity contribution in [3.63, 3.8) is 0 Å². The van der Waals surface area contributed by atoms with Crippen molar-refractivity contribution in [2.24, 2.45) is 11.5 Å². The largest absolute Gasteiger partial charge is 0.391 e. The Balaban J connectivity index is 2.47. The van der Waals surface area contributed by atoms with Crippen LogP contribution in [0.4, 0.5) is 0 Å². The molecule has 0 aliphatic heterocycles. The summed E-state index contributed by atoms with van der Waals surface area (Å²) >= 11 is 0. The molecule has 116 valence electrons. The van der Waals surface area contributed by atoms with Crippen molar-refractivity contribution in [2.45, 2.75) is 32.0 Å². The predicted octanol–water partition coefficient (Wildman–Crippen LogP) is -0.0134. The van der Waals surface area contributed by atoms with E-state index in [9.17, 15) is 19.5 Å². The van der Waals surface area contributed by atoms with Crippen molar-refractivity contribution in [2.75, 3.05) is 0 Å². The number of ketones is 3. The molecule has 0 saturated carbocycles. The highest BCUT2D eigenvalue weighted by molar-refractivity contribution is 6.28. The van der Waals surface area contributed by atoms with E-state index in [1.807, 2.05) is 0 Å². The van der Waals surface area contributed by atoms with E-state index in [-0.39, 0.29) is 22.5 Å². The fraction of sp³-hybridized carbons (Fsp3) is 0.312. The topological polar surface area (TPSA) is 123 Å². The standard InChI is InChI=1S/C16H18N2O4/c1-7-11(13(18)16(22)12(17)8(2)19)15(21)10-6-4-3-5-9(10)14(7)20/h3-6,8,12-13,19H,17-18H2,1-2H3/t8-,12+,13?/m1/s1. The van der Waals surface area contributed by atoms with Crippen molar-refractivity contribution < 1.29 is 19.5 Å². The molecule has 0 bridgehead atoms. The predicted molar refractivity (Wildman–Crippen MR) is 80.4 cm³/mol. The van der Waals surface area contributed by atoms with Gasteiger partial charge in [-0.25, -0.2) is 0 Å². The Morgan fingerprint density at radius 1 is 1.09 bits per heavy atom. The van der Waals surface area contributed by atoms with Crippen molar-refractivity contribution >= 4 is 17.3 Å². The maximum atomic E-state index is 12.6. The number of nitrogens with two attached hydrogens (primary N) is 2. The summed E-state index contributed by atoms with van der Waals surface area (Å²) in [6, 6.07) is 3.83. The minimum Gasteiger partial charge on any atom is -0.391 e. The van der Waals surface area contributed by atoms with E-state index in [0.29, 0.717) is 5.56 Å². The molecule has 1 aromatic carbocycles. The average Bonchev–Trinajstić information content (AvgIpc) is 2.51. The van der Waals surface area contributed by atoms with Gasteiger partial charge >= 0.3 is 0 Å². The van der Waals surface area contributed by atoms with Crippen LogP contribution in [0.1, 0.15) is 34.6 Å². The number of fused-ring (bicyclic) bond motifs is 1. The van der Waals surface area contributed by atoms with Crippen LogP contribution in [-0.2, 0) is 4.79 Å². The van der Waals surface area contributed by atoms with Crippen molar-refractivity contribution in [3.05, 3.63) is 46.5 Å². The van der Waals surface area contributed by atoms with Crippen LogP contribution in [0.25, 0.3) is 0 Å². The molecule has 6 heteroatoms. The first-order valence-electron chi connectivity index (χ1n) is 6.89. The highest BCUT2D eigenvalue weighted by Crippen LogP contribution is 2.27. The van der Waals surface area contributed by atoms with Crippen LogP contribution >= 0.6 is 0 Å². The highest BCUT2D eigenvalue weighted by Gasteiger charge is 2.37. The summed E-state index contributed by atoms with van der Waals surface area (Å²) in [5.41, 5.74) is 12.1. The second kappa shape index (κ2) is 5.92. The summed E-state index contributed by atoms with van der Waals surface area (Å²) in [5, 5.41) is 9.41. The molecule has 1 aliphatic rings. The summed E-state index contributed by atoms with van der Waals surface area (Å²) in [5.74, 6) is -1.46. The van der Waals surface area contributed by atoms with Gasteiger partial charge in [-0.3, -0.25) is 14.4 Å². The van der Waals surface area contributed by atoms with E-state index in [1.54, 1.807) is 18.2 Å². The van der Waals surface area contributed by atoms with Gasteiger partial charge in [0.1, 0.15) is 0 Å². The van der Waals surface area contributed by atoms with Gasteiger partial charge in [-0.05, 0) is 13.8 Å². The molecule has 1 unspecified atom stereocenters. The van der Waals surface area contributed by atoms with E-state index in [0.717, 1.165) is 0 Å². The molecule has 1 aromatic rings. The summed E-state index contributed by atoms with van der Waals surface area (Å²) in [7, 11) is 0. The summed E-state index contributed by atoms with van der Waals surface area (Å²) in [6.07, 6.45) is -1.10. The van der Waals surface area contributed by atoms with E-state index in [4.69, 9.17) is 11.5 Å². The van der Waals surface area contributed by atoms with Crippen LogP contribution in [0.3, 0.4) is 0 Å².